The van der Waals surface area contributed by atoms with E-state index >= 15 is 0 Å². The summed E-state index contributed by atoms with van der Waals surface area (Å²) in [5.74, 6) is 2.94. The maximum atomic E-state index is 11.3. The average molecular weight is 775 g/mol. The molecule has 0 bridgehead atoms. The van der Waals surface area contributed by atoms with E-state index in [2.05, 4.69) is 18.2 Å². The van der Waals surface area contributed by atoms with Crippen molar-refractivity contribution in [2.75, 3.05) is 0 Å². The van der Waals surface area contributed by atoms with E-state index in [1.54, 1.807) is 6.07 Å². The normalized spacial score (nSPS) is 11.4. The Balaban J connectivity index is 0.982. The summed E-state index contributed by atoms with van der Waals surface area (Å²) in [6.07, 6.45) is 0. The van der Waals surface area contributed by atoms with E-state index in [1.807, 2.05) is 185 Å². The highest BCUT2D eigenvalue weighted by Gasteiger charge is 2.19. The van der Waals surface area contributed by atoms with Crippen LogP contribution in [0.15, 0.2) is 205 Å². The highest BCUT2D eigenvalue weighted by Crippen LogP contribution is 2.39. The molecule has 0 radical (unpaired) electrons. The van der Waals surface area contributed by atoms with Crippen LogP contribution in [0.5, 0.6) is 5.75 Å². The van der Waals surface area contributed by atoms with Crippen LogP contribution in [0.4, 0.5) is 0 Å². The lowest BCUT2D eigenvalue weighted by Gasteiger charge is -2.11. The van der Waals surface area contributed by atoms with Gasteiger partial charge in [-0.15, -0.1) is 10.2 Å². The molecule has 284 valence electrons. The van der Waals surface area contributed by atoms with Crippen molar-refractivity contribution in [3.63, 3.8) is 0 Å². The lowest BCUT2D eigenvalue weighted by molar-refractivity contribution is 0.477. The van der Waals surface area contributed by atoms with Crippen LogP contribution in [-0.2, 0) is 0 Å². The van der Waals surface area contributed by atoms with E-state index in [0.717, 1.165) is 83.9 Å². The van der Waals surface area contributed by atoms with Crippen molar-refractivity contribution < 1.29 is 9.52 Å². The first kappa shape index (κ1) is 34.9. The zero-order valence-electron chi connectivity index (χ0n) is 32.1. The SMILES string of the molecule is Oc1ccc(-c2ccc3oc4ccc(-n5nc(-c6ccccc6)nc5-c5ccccc5)cc4c3c2)cc1-c1cccc(-n2nc(-c3ccccc3)nc2-c2ccccc2)c1. The van der Waals surface area contributed by atoms with Gasteiger partial charge in [0.1, 0.15) is 16.9 Å². The first-order valence-corrected chi connectivity index (χ1v) is 19.7. The molecule has 0 spiro atoms. The molecule has 3 heterocycles. The minimum Gasteiger partial charge on any atom is -0.507 e. The summed E-state index contributed by atoms with van der Waals surface area (Å²) in [4.78, 5) is 9.99. The molecule has 1 N–H and O–H groups in total. The van der Waals surface area contributed by atoms with Gasteiger partial charge in [0, 0.05) is 38.6 Å². The van der Waals surface area contributed by atoms with Crippen molar-refractivity contribution in [3.05, 3.63) is 200 Å². The Morgan fingerprint density at radius 2 is 0.833 bits per heavy atom. The van der Waals surface area contributed by atoms with Crippen LogP contribution in [0.1, 0.15) is 0 Å². The summed E-state index contributed by atoms with van der Waals surface area (Å²) in [6.45, 7) is 0. The number of phenolic OH excluding ortho intramolecular Hbond substituents is 1. The van der Waals surface area contributed by atoms with E-state index in [9.17, 15) is 5.11 Å². The molecule has 0 aliphatic rings. The first-order chi connectivity index (χ1) is 29.6. The van der Waals surface area contributed by atoms with Crippen molar-refractivity contribution in [2.24, 2.45) is 0 Å². The van der Waals surface area contributed by atoms with Crippen LogP contribution < -0.4 is 0 Å². The Hall–Kier alpha value is -8.36. The summed E-state index contributed by atoms with van der Waals surface area (Å²) in [6, 6.07) is 66.3. The molecule has 8 heteroatoms. The van der Waals surface area contributed by atoms with Gasteiger partial charge >= 0.3 is 0 Å². The van der Waals surface area contributed by atoms with Gasteiger partial charge in [-0.3, -0.25) is 0 Å². The van der Waals surface area contributed by atoms with Crippen LogP contribution in [0.25, 0.3) is 101 Å². The molecule has 3 aromatic heterocycles. The van der Waals surface area contributed by atoms with E-state index in [-0.39, 0.29) is 5.75 Å². The predicted octanol–water partition coefficient (Wildman–Crippen LogP) is 12.5. The highest BCUT2D eigenvalue weighted by molar-refractivity contribution is 6.07. The van der Waals surface area contributed by atoms with E-state index in [0.29, 0.717) is 17.2 Å². The van der Waals surface area contributed by atoms with E-state index in [4.69, 9.17) is 24.6 Å². The van der Waals surface area contributed by atoms with Crippen LogP contribution in [-0.4, -0.2) is 34.6 Å². The highest BCUT2D eigenvalue weighted by atomic mass is 16.3. The lowest BCUT2D eigenvalue weighted by atomic mass is 9.97. The zero-order chi connectivity index (χ0) is 40.0. The van der Waals surface area contributed by atoms with Gasteiger partial charge in [-0.05, 0) is 71.3 Å². The summed E-state index contributed by atoms with van der Waals surface area (Å²) < 4.78 is 10.1. The second kappa shape index (κ2) is 14.5. The van der Waals surface area contributed by atoms with Crippen LogP contribution in [0.2, 0.25) is 0 Å². The molecule has 0 aliphatic carbocycles. The predicted molar refractivity (Wildman–Crippen MR) is 238 cm³/mol. The number of benzene rings is 8. The van der Waals surface area contributed by atoms with E-state index in [1.165, 1.54) is 0 Å². The first-order valence-electron chi connectivity index (χ1n) is 19.7. The Morgan fingerprint density at radius 3 is 1.42 bits per heavy atom. The maximum absolute atomic E-state index is 11.3. The van der Waals surface area contributed by atoms with Gasteiger partial charge in [-0.1, -0.05) is 146 Å². The molecule has 0 amide bonds. The molecule has 0 saturated heterocycles. The number of aromatic nitrogens is 6. The van der Waals surface area contributed by atoms with Crippen molar-refractivity contribution >= 4 is 21.9 Å². The largest absolute Gasteiger partial charge is 0.507 e. The molecule has 60 heavy (non-hydrogen) atoms. The molecule has 0 atom stereocenters. The minimum absolute atomic E-state index is 0.180. The molecular formula is C52H34N6O2. The Labute approximate surface area is 344 Å². The summed E-state index contributed by atoms with van der Waals surface area (Å²) >= 11 is 0. The third-order valence-electron chi connectivity index (χ3n) is 10.8. The molecule has 0 fully saturated rings. The molecule has 8 aromatic carbocycles. The number of phenols is 1. The molecule has 11 rings (SSSR count). The van der Waals surface area contributed by atoms with E-state index < -0.39 is 0 Å². The molecule has 0 unspecified atom stereocenters. The summed E-state index contributed by atoms with van der Waals surface area (Å²) in [5, 5.41) is 23.2. The van der Waals surface area contributed by atoms with Gasteiger partial charge in [-0.2, -0.15) is 0 Å². The number of hydrogen-bond donors (Lipinski definition) is 1. The number of rotatable bonds is 8. The van der Waals surface area contributed by atoms with Crippen molar-refractivity contribution in [1.29, 1.82) is 0 Å². The molecule has 8 nitrogen and oxygen atoms in total. The molecule has 0 aliphatic heterocycles. The standard InChI is InChI=1S/C52H34N6O2/c59-46-27-24-38(31-43(46)40-22-13-23-41(30-40)57-51(36-18-9-3-10-19-36)53-49(55-57)34-14-5-1-6-15-34)39-25-28-47-44(32-39)45-33-42(26-29-48(45)60-47)58-52(37-20-11-4-12-21-37)54-50(56-58)35-16-7-2-8-17-35/h1-33,59H. The smallest absolute Gasteiger partial charge is 0.182 e. The van der Waals surface area contributed by atoms with Crippen molar-refractivity contribution in [3.8, 4) is 84.9 Å². The Morgan fingerprint density at radius 1 is 0.367 bits per heavy atom. The fourth-order valence-electron chi connectivity index (χ4n) is 7.78. The topological polar surface area (TPSA) is 94.8 Å². The van der Waals surface area contributed by atoms with Gasteiger partial charge in [0.25, 0.3) is 0 Å². The number of aromatic hydroxyl groups is 1. The summed E-state index contributed by atoms with van der Waals surface area (Å²) in [5.41, 5.74) is 10.5. The van der Waals surface area contributed by atoms with Gasteiger partial charge < -0.3 is 9.52 Å². The third kappa shape index (κ3) is 6.29. The van der Waals surface area contributed by atoms with Gasteiger partial charge in [0.2, 0.25) is 0 Å². The van der Waals surface area contributed by atoms with Gasteiger partial charge in [0.05, 0.1) is 11.4 Å². The minimum atomic E-state index is 0.180. The van der Waals surface area contributed by atoms with Crippen molar-refractivity contribution in [2.45, 2.75) is 0 Å². The van der Waals surface area contributed by atoms with Gasteiger partial charge in [-0.25, -0.2) is 19.3 Å². The quantitative estimate of drug-likeness (QED) is 0.165. The number of furan rings is 1. The molecule has 0 saturated carbocycles. The Bertz CT molecular complexity index is 3320. The zero-order valence-corrected chi connectivity index (χ0v) is 32.1. The fraction of sp³-hybridized carbons (Fsp3) is 0. The van der Waals surface area contributed by atoms with Crippen LogP contribution in [0, 0.1) is 0 Å². The monoisotopic (exact) mass is 774 g/mol. The molecular weight excluding hydrogens is 741 g/mol. The van der Waals surface area contributed by atoms with Crippen LogP contribution in [0.3, 0.4) is 0 Å². The molecule has 11 aromatic rings. The Kier molecular flexibility index (Phi) is 8.45. The van der Waals surface area contributed by atoms with Crippen LogP contribution >= 0.6 is 0 Å². The summed E-state index contributed by atoms with van der Waals surface area (Å²) in [7, 11) is 0. The second-order valence-corrected chi connectivity index (χ2v) is 14.6. The fourth-order valence-corrected chi connectivity index (χ4v) is 7.78. The lowest BCUT2D eigenvalue weighted by Crippen LogP contribution is -2.00. The third-order valence-corrected chi connectivity index (χ3v) is 10.8. The van der Waals surface area contributed by atoms with Crippen molar-refractivity contribution in [1.82, 2.24) is 29.5 Å². The number of hydrogen-bond acceptors (Lipinski definition) is 6. The average Bonchev–Trinajstić information content (AvgIpc) is 4.07. The number of nitrogens with zero attached hydrogens (tertiary/aromatic N) is 6. The van der Waals surface area contributed by atoms with Gasteiger partial charge in [0.15, 0.2) is 23.3 Å². The maximum Gasteiger partial charge on any atom is 0.182 e. The second-order valence-electron chi connectivity index (χ2n) is 14.6. The number of fused-ring (bicyclic) bond motifs is 3.